The topological polar surface area (TPSA) is 18.5 Å². The van der Waals surface area contributed by atoms with Crippen LogP contribution in [-0.4, -0.2) is 54.2 Å². The Bertz CT molecular complexity index is 184. The molecular weight excluding hydrogens is 182 g/mol. The third kappa shape index (κ3) is 2.81. The molecule has 3 nitrogen and oxygen atoms in total. The Kier molecular flexibility index (Phi) is 3.93. The van der Waals surface area contributed by atoms with E-state index in [1.165, 1.54) is 0 Å². The highest BCUT2D eigenvalue weighted by atomic mass is 32.1. The summed E-state index contributed by atoms with van der Waals surface area (Å²) in [4.78, 5) is 4.62. The smallest absolute Gasteiger partial charge is 0.169 e. The maximum atomic E-state index is 5.26. The van der Waals surface area contributed by atoms with Crippen molar-refractivity contribution in [3.8, 4) is 0 Å². The summed E-state index contributed by atoms with van der Waals surface area (Å²) in [6, 6.07) is 0.602. The summed E-state index contributed by atoms with van der Waals surface area (Å²) in [6.45, 7) is 8.42. The Labute approximate surface area is 86.1 Å². The predicted molar refractivity (Wildman–Crippen MR) is 59.9 cm³/mol. The van der Waals surface area contributed by atoms with E-state index in [9.17, 15) is 0 Å². The molecule has 0 bridgehead atoms. The van der Waals surface area contributed by atoms with E-state index >= 15 is 0 Å². The average Bonchev–Trinajstić information content (AvgIpc) is 2.10. The third-order valence-corrected chi connectivity index (χ3v) is 2.98. The monoisotopic (exact) mass is 201 g/mol. The standard InChI is InChI=1S/C9H19N3S/c1-4-10-9(13)12-6-5-11(3)8(2)7-12/h8H,4-7H2,1-3H3,(H,10,13). The molecule has 0 aliphatic carbocycles. The van der Waals surface area contributed by atoms with Gasteiger partial charge >= 0.3 is 0 Å². The lowest BCUT2D eigenvalue weighted by Gasteiger charge is -2.38. The van der Waals surface area contributed by atoms with Gasteiger partial charge in [-0.1, -0.05) is 0 Å². The quantitative estimate of drug-likeness (QED) is 0.623. The third-order valence-electron chi connectivity index (χ3n) is 2.57. The number of nitrogens with one attached hydrogen (secondary N) is 1. The van der Waals surface area contributed by atoms with Crippen LogP contribution < -0.4 is 5.32 Å². The fourth-order valence-corrected chi connectivity index (χ4v) is 1.81. The van der Waals surface area contributed by atoms with E-state index in [0.29, 0.717) is 6.04 Å². The Balaban J connectivity index is 2.40. The molecule has 1 atom stereocenters. The molecule has 1 heterocycles. The van der Waals surface area contributed by atoms with Crippen LogP contribution in [0.4, 0.5) is 0 Å². The number of hydrogen-bond acceptors (Lipinski definition) is 2. The second kappa shape index (κ2) is 4.77. The number of nitrogens with zero attached hydrogens (tertiary/aromatic N) is 2. The molecule has 13 heavy (non-hydrogen) atoms. The molecule has 76 valence electrons. The lowest BCUT2D eigenvalue weighted by molar-refractivity contribution is 0.152. The lowest BCUT2D eigenvalue weighted by atomic mass is 10.2. The largest absolute Gasteiger partial charge is 0.363 e. The van der Waals surface area contributed by atoms with E-state index in [1.54, 1.807) is 0 Å². The highest BCUT2D eigenvalue weighted by molar-refractivity contribution is 7.80. The van der Waals surface area contributed by atoms with Gasteiger partial charge in [0.05, 0.1) is 0 Å². The van der Waals surface area contributed by atoms with E-state index in [1.807, 2.05) is 0 Å². The molecule has 1 unspecified atom stereocenters. The molecule has 1 aliphatic heterocycles. The fraction of sp³-hybridized carbons (Fsp3) is 0.889. The van der Waals surface area contributed by atoms with Gasteiger partial charge in [0.25, 0.3) is 0 Å². The summed E-state index contributed by atoms with van der Waals surface area (Å²) in [6.07, 6.45) is 0. The molecule has 0 saturated carbocycles. The first kappa shape index (κ1) is 10.7. The summed E-state index contributed by atoms with van der Waals surface area (Å²) >= 11 is 5.26. The van der Waals surface area contributed by atoms with Crippen molar-refractivity contribution < 1.29 is 0 Å². The van der Waals surface area contributed by atoms with Gasteiger partial charge in [-0.2, -0.15) is 0 Å². The van der Waals surface area contributed by atoms with Crippen LogP contribution in [-0.2, 0) is 0 Å². The number of hydrogen-bond donors (Lipinski definition) is 1. The number of likely N-dealkylation sites (N-methyl/N-ethyl adjacent to an activating group) is 1. The molecule has 0 aromatic rings. The first-order valence-corrected chi connectivity index (χ1v) is 5.29. The molecule has 1 N–H and O–H groups in total. The number of piperazine rings is 1. The van der Waals surface area contributed by atoms with Crippen molar-refractivity contribution in [3.05, 3.63) is 0 Å². The molecule has 1 rings (SSSR count). The summed E-state index contributed by atoms with van der Waals surface area (Å²) in [5, 5.41) is 4.09. The minimum Gasteiger partial charge on any atom is -0.363 e. The normalized spacial score (nSPS) is 24.5. The lowest BCUT2D eigenvalue weighted by Crippen LogP contribution is -2.54. The summed E-state index contributed by atoms with van der Waals surface area (Å²) in [5.41, 5.74) is 0. The Morgan fingerprint density at radius 1 is 1.54 bits per heavy atom. The second-order valence-corrected chi connectivity index (χ2v) is 4.00. The molecule has 1 saturated heterocycles. The van der Waals surface area contributed by atoms with Crippen LogP contribution in [0.5, 0.6) is 0 Å². The van der Waals surface area contributed by atoms with Crippen molar-refractivity contribution in [3.63, 3.8) is 0 Å². The van der Waals surface area contributed by atoms with Crippen molar-refractivity contribution in [1.82, 2.24) is 15.1 Å². The Morgan fingerprint density at radius 3 is 2.77 bits per heavy atom. The van der Waals surface area contributed by atoms with Gasteiger partial charge in [0.2, 0.25) is 0 Å². The van der Waals surface area contributed by atoms with Crippen molar-refractivity contribution >= 4 is 17.3 Å². The number of rotatable bonds is 1. The van der Waals surface area contributed by atoms with Gasteiger partial charge in [-0.25, -0.2) is 0 Å². The zero-order valence-electron chi connectivity index (χ0n) is 8.71. The molecule has 1 aliphatic rings. The van der Waals surface area contributed by atoms with Crippen LogP contribution in [0.25, 0.3) is 0 Å². The maximum Gasteiger partial charge on any atom is 0.169 e. The van der Waals surface area contributed by atoms with Crippen LogP contribution >= 0.6 is 12.2 Å². The van der Waals surface area contributed by atoms with Crippen molar-refractivity contribution in [2.45, 2.75) is 19.9 Å². The molecule has 0 aromatic heterocycles. The van der Waals surface area contributed by atoms with Crippen LogP contribution in [0.15, 0.2) is 0 Å². The molecule has 0 spiro atoms. The fourth-order valence-electron chi connectivity index (χ4n) is 1.50. The van der Waals surface area contributed by atoms with Gasteiger partial charge in [0.1, 0.15) is 0 Å². The van der Waals surface area contributed by atoms with Gasteiger partial charge in [-0.3, -0.25) is 0 Å². The van der Waals surface area contributed by atoms with E-state index in [-0.39, 0.29) is 0 Å². The first-order chi connectivity index (χ1) is 6.15. The van der Waals surface area contributed by atoms with Crippen LogP contribution in [0.3, 0.4) is 0 Å². The van der Waals surface area contributed by atoms with E-state index in [2.05, 4.69) is 36.0 Å². The summed E-state index contributed by atoms with van der Waals surface area (Å²) < 4.78 is 0. The van der Waals surface area contributed by atoms with E-state index in [4.69, 9.17) is 12.2 Å². The molecule has 0 radical (unpaired) electrons. The van der Waals surface area contributed by atoms with Crippen LogP contribution in [0.1, 0.15) is 13.8 Å². The molecule has 1 fully saturated rings. The highest BCUT2D eigenvalue weighted by Gasteiger charge is 2.21. The zero-order valence-corrected chi connectivity index (χ0v) is 9.52. The molecule has 4 heteroatoms. The Morgan fingerprint density at radius 2 is 2.23 bits per heavy atom. The van der Waals surface area contributed by atoms with Gasteiger partial charge in [0, 0.05) is 32.2 Å². The highest BCUT2D eigenvalue weighted by Crippen LogP contribution is 2.06. The average molecular weight is 201 g/mol. The molecule has 0 amide bonds. The molecule has 0 aromatic carbocycles. The summed E-state index contributed by atoms with van der Waals surface area (Å²) in [5.74, 6) is 0. The predicted octanol–water partition coefficient (Wildman–Crippen LogP) is 0.517. The number of thiocarbonyl (C=S) groups is 1. The van der Waals surface area contributed by atoms with Crippen molar-refractivity contribution in [1.29, 1.82) is 0 Å². The van der Waals surface area contributed by atoms with Gasteiger partial charge in [0.15, 0.2) is 5.11 Å². The van der Waals surface area contributed by atoms with Crippen LogP contribution in [0.2, 0.25) is 0 Å². The van der Waals surface area contributed by atoms with Gasteiger partial charge in [-0.15, -0.1) is 0 Å². The minimum atomic E-state index is 0.602. The zero-order chi connectivity index (χ0) is 9.84. The molecular formula is C9H19N3S. The maximum absolute atomic E-state index is 5.26. The van der Waals surface area contributed by atoms with E-state index in [0.717, 1.165) is 31.3 Å². The SMILES string of the molecule is CCNC(=S)N1CCN(C)C(C)C1. The first-order valence-electron chi connectivity index (χ1n) is 4.88. The minimum absolute atomic E-state index is 0.602. The van der Waals surface area contributed by atoms with Crippen molar-refractivity contribution in [2.24, 2.45) is 0 Å². The van der Waals surface area contributed by atoms with Gasteiger partial charge < -0.3 is 15.1 Å². The van der Waals surface area contributed by atoms with E-state index < -0.39 is 0 Å². The van der Waals surface area contributed by atoms with Crippen molar-refractivity contribution in [2.75, 3.05) is 33.2 Å². The van der Waals surface area contributed by atoms with Crippen LogP contribution in [0, 0.1) is 0 Å². The Hall–Kier alpha value is -0.350. The second-order valence-electron chi connectivity index (χ2n) is 3.61. The summed E-state index contributed by atoms with van der Waals surface area (Å²) in [7, 11) is 2.16. The van der Waals surface area contributed by atoms with Gasteiger partial charge in [-0.05, 0) is 33.1 Å².